The Bertz CT molecular complexity index is 2430. The first-order valence-corrected chi connectivity index (χ1v) is 19.5. The number of fused-ring (bicyclic) bond motifs is 13. The van der Waals surface area contributed by atoms with Crippen LogP contribution in [0, 0.1) is 0 Å². The third-order valence-electron chi connectivity index (χ3n) is 15.1. The molecule has 1 fully saturated rings. The molecule has 51 heavy (non-hydrogen) atoms. The van der Waals surface area contributed by atoms with E-state index >= 15 is 0 Å². The molecule has 2 unspecified atom stereocenters. The van der Waals surface area contributed by atoms with Crippen molar-refractivity contribution in [1.29, 1.82) is 0 Å². The van der Waals surface area contributed by atoms with Crippen LogP contribution in [0.5, 0.6) is 0 Å². The summed E-state index contributed by atoms with van der Waals surface area (Å²) in [6.07, 6.45) is 5.03. The predicted octanol–water partition coefficient (Wildman–Crippen LogP) is 10.9. The Balaban J connectivity index is 1.38. The zero-order chi connectivity index (χ0) is 35.2. The highest BCUT2D eigenvalue weighted by molar-refractivity contribution is 6.94. The van der Waals surface area contributed by atoms with Crippen molar-refractivity contribution in [2.24, 2.45) is 0 Å². The minimum atomic E-state index is -0.125. The van der Waals surface area contributed by atoms with Gasteiger partial charge in [0.15, 0.2) is 0 Å². The van der Waals surface area contributed by atoms with E-state index in [1.54, 1.807) is 5.56 Å². The number of para-hydroxylation sites is 2. The molecule has 0 spiro atoms. The van der Waals surface area contributed by atoms with Crippen LogP contribution in [0.3, 0.4) is 0 Å². The third-order valence-corrected chi connectivity index (χ3v) is 15.1. The predicted molar refractivity (Wildman–Crippen MR) is 217 cm³/mol. The maximum absolute atomic E-state index is 2.92. The summed E-state index contributed by atoms with van der Waals surface area (Å²) >= 11 is 0. The number of rotatable bonds is 0. The molecule has 6 aliphatic rings. The SMILES string of the molecule is CC(C)(C)c1cc2c3c(c1)C1(C)CCCCC1(C)N3c1cc3c(c4c1B2N1c2ccccc2C(C)(C)c2cccc-4c21)-c1ccccc1C3(C)C. The van der Waals surface area contributed by atoms with Gasteiger partial charge in [-0.2, -0.15) is 0 Å². The van der Waals surface area contributed by atoms with Crippen LogP contribution >= 0.6 is 0 Å². The lowest BCUT2D eigenvalue weighted by molar-refractivity contribution is 0.195. The molecule has 1 saturated carbocycles. The molecule has 0 radical (unpaired) electrons. The Morgan fingerprint density at radius 3 is 2.04 bits per heavy atom. The molecular formula is C48H49BN2. The summed E-state index contributed by atoms with van der Waals surface area (Å²) in [6, 6.07) is 33.8. The van der Waals surface area contributed by atoms with Crippen LogP contribution in [0.4, 0.5) is 22.7 Å². The van der Waals surface area contributed by atoms with E-state index in [2.05, 4.69) is 157 Å². The summed E-state index contributed by atoms with van der Waals surface area (Å²) in [5, 5.41) is 0. The van der Waals surface area contributed by atoms with E-state index in [0.29, 0.717) is 0 Å². The van der Waals surface area contributed by atoms with Crippen LogP contribution in [-0.2, 0) is 21.7 Å². The van der Waals surface area contributed by atoms with Crippen LogP contribution in [0.15, 0.2) is 84.9 Å². The Morgan fingerprint density at radius 1 is 0.588 bits per heavy atom. The molecular weight excluding hydrogens is 615 g/mol. The van der Waals surface area contributed by atoms with Crippen LogP contribution in [0.2, 0.25) is 0 Å². The summed E-state index contributed by atoms with van der Waals surface area (Å²) in [4.78, 5) is 5.73. The van der Waals surface area contributed by atoms with E-state index in [-0.39, 0.29) is 34.0 Å². The number of benzene rings is 5. The zero-order valence-electron chi connectivity index (χ0n) is 31.9. The van der Waals surface area contributed by atoms with Gasteiger partial charge in [-0.3, -0.25) is 0 Å². The van der Waals surface area contributed by atoms with Crippen LogP contribution in [-0.4, -0.2) is 12.4 Å². The molecule has 3 heteroatoms. The highest BCUT2D eigenvalue weighted by atomic mass is 15.3. The molecule has 0 bridgehead atoms. The molecule has 254 valence electrons. The molecule has 0 aromatic heterocycles. The third kappa shape index (κ3) is 3.27. The van der Waals surface area contributed by atoms with Crippen LogP contribution in [0.1, 0.15) is 121 Å². The number of hydrogen-bond acceptors (Lipinski definition) is 2. The van der Waals surface area contributed by atoms with Crippen molar-refractivity contribution in [3.05, 3.63) is 118 Å². The van der Waals surface area contributed by atoms with Gasteiger partial charge in [0.05, 0.1) is 5.54 Å². The van der Waals surface area contributed by atoms with E-state index in [9.17, 15) is 0 Å². The quantitative estimate of drug-likeness (QED) is 0.152. The fourth-order valence-electron chi connectivity index (χ4n) is 12.1. The fourth-order valence-corrected chi connectivity index (χ4v) is 12.1. The van der Waals surface area contributed by atoms with Crippen LogP contribution in [0.25, 0.3) is 22.3 Å². The van der Waals surface area contributed by atoms with Gasteiger partial charge in [0, 0.05) is 44.6 Å². The first-order chi connectivity index (χ1) is 24.2. The van der Waals surface area contributed by atoms with Gasteiger partial charge >= 0.3 is 6.85 Å². The van der Waals surface area contributed by atoms with E-state index in [4.69, 9.17) is 0 Å². The van der Waals surface area contributed by atoms with Crippen molar-refractivity contribution in [3.63, 3.8) is 0 Å². The molecule has 5 aromatic carbocycles. The molecule has 0 saturated heterocycles. The first kappa shape index (κ1) is 30.4. The summed E-state index contributed by atoms with van der Waals surface area (Å²) < 4.78 is 0. The Labute approximate surface area is 305 Å². The van der Waals surface area contributed by atoms with Gasteiger partial charge in [-0.05, 0) is 98.3 Å². The monoisotopic (exact) mass is 664 g/mol. The van der Waals surface area contributed by atoms with Crippen molar-refractivity contribution < 1.29 is 0 Å². The second-order valence-corrected chi connectivity index (χ2v) is 19.3. The summed E-state index contributed by atoms with van der Waals surface area (Å²) in [5.41, 5.74) is 23.3. The van der Waals surface area contributed by atoms with Crippen LogP contribution < -0.4 is 20.6 Å². The minimum absolute atomic E-state index is 0.00859. The van der Waals surface area contributed by atoms with Gasteiger partial charge in [-0.15, -0.1) is 0 Å². The summed E-state index contributed by atoms with van der Waals surface area (Å²) in [5.74, 6) is 0. The van der Waals surface area contributed by atoms with E-state index < -0.39 is 0 Å². The van der Waals surface area contributed by atoms with Crippen molar-refractivity contribution in [2.75, 3.05) is 9.71 Å². The second kappa shape index (κ2) is 9.03. The van der Waals surface area contributed by atoms with Gasteiger partial charge in [0.2, 0.25) is 0 Å². The van der Waals surface area contributed by atoms with Gasteiger partial charge in [-0.1, -0.05) is 141 Å². The zero-order valence-corrected chi connectivity index (χ0v) is 31.9. The number of hydrogen-bond donors (Lipinski definition) is 0. The average Bonchev–Trinajstić information content (AvgIpc) is 3.46. The molecule has 4 aliphatic heterocycles. The molecule has 2 nitrogen and oxygen atoms in total. The first-order valence-electron chi connectivity index (χ1n) is 19.5. The maximum Gasteiger partial charge on any atom is 0.333 e. The van der Waals surface area contributed by atoms with Crippen molar-refractivity contribution in [3.8, 4) is 22.3 Å². The topological polar surface area (TPSA) is 6.48 Å². The molecule has 2 atom stereocenters. The van der Waals surface area contributed by atoms with E-state index in [1.165, 1.54) is 109 Å². The van der Waals surface area contributed by atoms with Gasteiger partial charge in [0.25, 0.3) is 0 Å². The molecule has 0 amide bonds. The fraction of sp³-hybridized carbons (Fsp3) is 0.375. The van der Waals surface area contributed by atoms with Gasteiger partial charge in [0.1, 0.15) is 0 Å². The standard InChI is InChI=1S/C48H49BN2/c1-44(2,3)28-25-35-43-36(26-28)49-41-38(50(43)48(9)24-15-14-23-47(35,48)8)27-34-39(29-17-10-11-19-31(29)45(34,4)5)40(41)30-18-16-21-33-42(30)51(49)37-22-13-12-20-32(37)46(33,6)7/h10-13,16-22,25-27H,14-15,23-24H2,1-9H3. The highest BCUT2D eigenvalue weighted by Crippen LogP contribution is 2.65. The van der Waals surface area contributed by atoms with Gasteiger partial charge in [-0.25, -0.2) is 0 Å². The largest absolute Gasteiger partial charge is 0.376 e. The Hall–Kier alpha value is -4.24. The lowest BCUT2D eigenvalue weighted by Gasteiger charge is -2.54. The second-order valence-electron chi connectivity index (χ2n) is 19.3. The van der Waals surface area contributed by atoms with Gasteiger partial charge < -0.3 is 9.71 Å². The van der Waals surface area contributed by atoms with E-state index in [1.807, 2.05) is 0 Å². The molecule has 2 aliphatic carbocycles. The van der Waals surface area contributed by atoms with Crippen molar-refractivity contribution in [2.45, 2.75) is 115 Å². The molecule has 4 heterocycles. The summed E-state index contributed by atoms with van der Waals surface area (Å²) in [6.45, 7) is 22.4. The number of anilines is 4. The lowest BCUT2D eigenvalue weighted by Crippen LogP contribution is -2.65. The molecule has 5 aromatic rings. The Morgan fingerprint density at radius 2 is 1.25 bits per heavy atom. The van der Waals surface area contributed by atoms with Crippen molar-refractivity contribution >= 4 is 40.5 Å². The smallest absolute Gasteiger partial charge is 0.333 e. The number of nitrogens with zero attached hydrogens (tertiary/aromatic N) is 2. The van der Waals surface area contributed by atoms with E-state index in [0.717, 1.165) is 0 Å². The lowest BCUT2D eigenvalue weighted by atomic mass is 9.41. The summed E-state index contributed by atoms with van der Waals surface area (Å²) in [7, 11) is 0. The molecule has 0 N–H and O–H groups in total. The average molecular weight is 665 g/mol. The molecule has 11 rings (SSSR count). The minimum Gasteiger partial charge on any atom is -0.376 e. The highest BCUT2D eigenvalue weighted by Gasteiger charge is 2.63. The maximum atomic E-state index is 2.92. The van der Waals surface area contributed by atoms with Crippen molar-refractivity contribution in [1.82, 2.24) is 0 Å². The Kier molecular flexibility index (Phi) is 5.38. The normalized spacial score (nSPS) is 24.6.